The summed E-state index contributed by atoms with van der Waals surface area (Å²) in [5, 5.41) is 0.734. The lowest BCUT2D eigenvalue weighted by atomic mass is 9.96. The molecular weight excluding hydrogens is 263 g/mol. The number of hydrogen-bond donors (Lipinski definition) is 0. The third-order valence-electron chi connectivity index (χ3n) is 3.64. The first-order valence-corrected chi connectivity index (χ1v) is 6.71. The zero-order valence-electron chi connectivity index (χ0n) is 10.9. The minimum absolute atomic E-state index is 0.406. The number of benzene rings is 1. The number of rotatable bonds is 1. The second-order valence-electron chi connectivity index (χ2n) is 5.08. The Kier molecular flexibility index (Phi) is 3.24. The minimum atomic E-state index is -4.32. The van der Waals surface area contributed by atoms with Gasteiger partial charge in [-0.05, 0) is 49.5 Å². The number of hydrogen-bond acceptors (Lipinski definition) is 1. The standard InChI is InChI=1S/C16H14F3N/c17-16(18,19)13-8-6-12-7-9-14(20-15(12)10-13)11-4-2-1-3-5-11/h4,6-10H,1-3,5H2. The number of nitrogens with zero attached hydrogens (tertiary/aromatic N) is 1. The average Bonchev–Trinajstić information content (AvgIpc) is 2.46. The Morgan fingerprint density at radius 3 is 2.50 bits per heavy atom. The summed E-state index contributed by atoms with van der Waals surface area (Å²) in [6.45, 7) is 0. The largest absolute Gasteiger partial charge is 0.416 e. The second-order valence-corrected chi connectivity index (χ2v) is 5.08. The zero-order chi connectivity index (χ0) is 14.2. The summed E-state index contributed by atoms with van der Waals surface area (Å²) in [7, 11) is 0. The maximum absolute atomic E-state index is 12.7. The monoisotopic (exact) mass is 277 g/mol. The van der Waals surface area contributed by atoms with Crippen molar-refractivity contribution in [2.24, 2.45) is 0 Å². The fraction of sp³-hybridized carbons (Fsp3) is 0.312. The summed E-state index contributed by atoms with van der Waals surface area (Å²) >= 11 is 0. The highest BCUT2D eigenvalue weighted by Crippen LogP contribution is 2.32. The van der Waals surface area contributed by atoms with Gasteiger partial charge in [-0.15, -0.1) is 0 Å². The maximum Gasteiger partial charge on any atom is 0.416 e. The Morgan fingerprint density at radius 1 is 1.00 bits per heavy atom. The molecule has 1 aliphatic carbocycles. The molecule has 0 unspecified atom stereocenters. The Labute approximate surface area is 115 Å². The smallest absolute Gasteiger partial charge is 0.248 e. The van der Waals surface area contributed by atoms with Crippen molar-refractivity contribution in [1.82, 2.24) is 4.98 Å². The molecule has 4 heteroatoms. The fourth-order valence-corrected chi connectivity index (χ4v) is 2.54. The molecule has 1 aliphatic rings. The first-order valence-electron chi connectivity index (χ1n) is 6.71. The molecule has 0 aliphatic heterocycles. The molecule has 3 rings (SSSR count). The van der Waals surface area contributed by atoms with Crippen molar-refractivity contribution in [2.45, 2.75) is 31.9 Å². The molecule has 1 aromatic heterocycles. The molecule has 2 aromatic rings. The van der Waals surface area contributed by atoms with Crippen molar-refractivity contribution in [3.05, 3.63) is 47.7 Å². The van der Waals surface area contributed by atoms with Gasteiger partial charge >= 0.3 is 6.18 Å². The first-order chi connectivity index (χ1) is 9.54. The number of pyridine rings is 1. The molecule has 0 fully saturated rings. The third-order valence-corrected chi connectivity index (χ3v) is 3.64. The Bertz CT molecular complexity index is 671. The number of aromatic nitrogens is 1. The van der Waals surface area contributed by atoms with E-state index in [1.54, 1.807) is 0 Å². The molecular formula is C16H14F3N. The Balaban J connectivity index is 2.07. The third kappa shape index (κ3) is 2.55. The van der Waals surface area contributed by atoms with E-state index in [0.29, 0.717) is 5.52 Å². The second kappa shape index (κ2) is 4.93. The van der Waals surface area contributed by atoms with Crippen molar-refractivity contribution in [1.29, 1.82) is 0 Å². The van der Waals surface area contributed by atoms with Crippen LogP contribution in [-0.4, -0.2) is 4.98 Å². The molecule has 0 amide bonds. The van der Waals surface area contributed by atoms with Crippen LogP contribution in [-0.2, 0) is 6.18 Å². The van der Waals surface area contributed by atoms with Crippen molar-refractivity contribution >= 4 is 16.5 Å². The van der Waals surface area contributed by atoms with Gasteiger partial charge in [0.15, 0.2) is 0 Å². The van der Waals surface area contributed by atoms with Crippen LogP contribution in [0.25, 0.3) is 16.5 Å². The van der Waals surface area contributed by atoms with Crippen LogP contribution in [0.2, 0.25) is 0 Å². The van der Waals surface area contributed by atoms with Crippen LogP contribution in [0.3, 0.4) is 0 Å². The molecule has 0 spiro atoms. The van der Waals surface area contributed by atoms with E-state index in [-0.39, 0.29) is 0 Å². The summed E-state index contributed by atoms with van der Waals surface area (Å²) < 4.78 is 38.2. The molecule has 20 heavy (non-hydrogen) atoms. The predicted octanol–water partition coefficient (Wildman–Crippen LogP) is 5.21. The van der Waals surface area contributed by atoms with Crippen LogP contribution in [0.4, 0.5) is 13.2 Å². The van der Waals surface area contributed by atoms with E-state index in [4.69, 9.17) is 0 Å². The molecule has 0 saturated heterocycles. The lowest BCUT2D eigenvalue weighted by molar-refractivity contribution is -0.137. The molecule has 1 aromatic carbocycles. The zero-order valence-corrected chi connectivity index (χ0v) is 10.9. The number of allylic oxidation sites excluding steroid dienone is 2. The van der Waals surface area contributed by atoms with Gasteiger partial charge in [0.25, 0.3) is 0 Å². The predicted molar refractivity (Wildman–Crippen MR) is 73.2 cm³/mol. The van der Waals surface area contributed by atoms with E-state index < -0.39 is 11.7 Å². The Morgan fingerprint density at radius 2 is 1.80 bits per heavy atom. The summed E-state index contributed by atoms with van der Waals surface area (Å²) in [6.07, 6.45) is 2.10. The molecule has 104 valence electrons. The van der Waals surface area contributed by atoms with Gasteiger partial charge in [-0.1, -0.05) is 18.2 Å². The molecule has 1 nitrogen and oxygen atoms in total. The quantitative estimate of drug-likeness (QED) is 0.697. The van der Waals surface area contributed by atoms with Gasteiger partial charge in [0.1, 0.15) is 0 Å². The summed E-state index contributed by atoms with van der Waals surface area (Å²) in [6, 6.07) is 7.44. The molecule has 0 N–H and O–H groups in total. The van der Waals surface area contributed by atoms with Crippen molar-refractivity contribution < 1.29 is 13.2 Å². The normalized spacial score (nSPS) is 16.2. The van der Waals surface area contributed by atoms with Gasteiger partial charge in [0.2, 0.25) is 0 Å². The van der Waals surface area contributed by atoms with Crippen LogP contribution in [0.1, 0.15) is 36.9 Å². The van der Waals surface area contributed by atoms with Crippen LogP contribution in [0.15, 0.2) is 36.4 Å². The van der Waals surface area contributed by atoms with Crippen LogP contribution < -0.4 is 0 Å². The fourth-order valence-electron chi connectivity index (χ4n) is 2.54. The van der Waals surface area contributed by atoms with E-state index in [1.807, 2.05) is 12.1 Å². The summed E-state index contributed by atoms with van der Waals surface area (Å²) in [5.74, 6) is 0. The highest BCUT2D eigenvalue weighted by molar-refractivity contribution is 5.81. The van der Waals surface area contributed by atoms with Gasteiger partial charge in [-0.3, -0.25) is 0 Å². The lowest BCUT2D eigenvalue weighted by Gasteiger charge is -2.13. The number of halogens is 3. The van der Waals surface area contributed by atoms with E-state index >= 15 is 0 Å². The molecule has 0 bridgehead atoms. The van der Waals surface area contributed by atoms with Crippen molar-refractivity contribution in [3.8, 4) is 0 Å². The molecule has 1 heterocycles. The van der Waals surface area contributed by atoms with E-state index in [0.717, 1.165) is 48.0 Å². The van der Waals surface area contributed by atoms with Gasteiger partial charge in [0, 0.05) is 5.39 Å². The van der Waals surface area contributed by atoms with E-state index in [2.05, 4.69) is 11.1 Å². The first kappa shape index (κ1) is 13.2. The lowest BCUT2D eigenvalue weighted by Crippen LogP contribution is -2.04. The van der Waals surface area contributed by atoms with Gasteiger partial charge in [-0.2, -0.15) is 13.2 Å². The van der Waals surface area contributed by atoms with Gasteiger partial charge < -0.3 is 0 Å². The minimum Gasteiger partial charge on any atom is -0.248 e. The summed E-state index contributed by atoms with van der Waals surface area (Å²) in [5.41, 5.74) is 1.71. The van der Waals surface area contributed by atoms with E-state index in [1.165, 1.54) is 12.5 Å². The van der Waals surface area contributed by atoms with Crippen LogP contribution in [0.5, 0.6) is 0 Å². The SMILES string of the molecule is FC(F)(F)c1ccc2ccc(C3=CCCCC3)nc2c1. The Hall–Kier alpha value is -1.84. The molecule has 0 saturated carbocycles. The molecule has 0 radical (unpaired) electrons. The van der Waals surface area contributed by atoms with Crippen LogP contribution in [0, 0.1) is 0 Å². The number of fused-ring (bicyclic) bond motifs is 1. The highest BCUT2D eigenvalue weighted by atomic mass is 19.4. The highest BCUT2D eigenvalue weighted by Gasteiger charge is 2.30. The van der Waals surface area contributed by atoms with Crippen molar-refractivity contribution in [3.63, 3.8) is 0 Å². The topological polar surface area (TPSA) is 12.9 Å². The van der Waals surface area contributed by atoms with Gasteiger partial charge in [-0.25, -0.2) is 4.98 Å². The summed E-state index contributed by atoms with van der Waals surface area (Å²) in [4.78, 5) is 4.40. The maximum atomic E-state index is 12.7. The van der Waals surface area contributed by atoms with E-state index in [9.17, 15) is 13.2 Å². The molecule has 0 atom stereocenters. The van der Waals surface area contributed by atoms with Gasteiger partial charge in [0.05, 0.1) is 16.8 Å². The van der Waals surface area contributed by atoms with Crippen LogP contribution >= 0.6 is 0 Å². The average molecular weight is 277 g/mol. The van der Waals surface area contributed by atoms with Crippen molar-refractivity contribution in [2.75, 3.05) is 0 Å². The number of alkyl halides is 3.